The molecule has 378 valence electrons. The fourth-order valence-electron chi connectivity index (χ4n) is 6.78. The van der Waals surface area contributed by atoms with Crippen LogP contribution in [0, 0.1) is 0 Å². The number of benzene rings is 1. The zero-order valence-electron chi connectivity index (χ0n) is 39.5. The summed E-state index contributed by atoms with van der Waals surface area (Å²) in [6.07, 6.45) is 10.6. The molecule has 2 heterocycles. The predicted octanol–water partition coefficient (Wildman–Crippen LogP) is 3.84. The molecule has 0 saturated carbocycles. The van der Waals surface area contributed by atoms with Gasteiger partial charge in [0, 0.05) is 25.3 Å². The van der Waals surface area contributed by atoms with E-state index in [9.17, 15) is 19.2 Å². The molecule has 1 aromatic carbocycles. The summed E-state index contributed by atoms with van der Waals surface area (Å²) in [5, 5.41) is 5.34. The molecule has 0 radical (unpaired) electrons. The number of hydrogen-bond acceptors (Lipinski definition) is 17. The number of ether oxygens (including phenoxy) is 12. The van der Waals surface area contributed by atoms with Crippen molar-refractivity contribution in [2.24, 2.45) is 0 Å². The Kier molecular flexibility index (Phi) is 34.4. The second-order valence-corrected chi connectivity index (χ2v) is 15.4. The molecule has 2 N–H and O–H groups in total. The Bertz CT molecular complexity index is 1420. The summed E-state index contributed by atoms with van der Waals surface area (Å²) in [6.45, 7) is 14.5. The van der Waals surface area contributed by atoms with Crippen LogP contribution in [0.2, 0.25) is 0 Å². The monoisotopic (exact) mass is 942 g/mol. The minimum atomic E-state index is -1.01. The summed E-state index contributed by atoms with van der Waals surface area (Å²) in [5.74, 6) is -2.17. The van der Waals surface area contributed by atoms with Gasteiger partial charge < -0.3 is 62.2 Å². The summed E-state index contributed by atoms with van der Waals surface area (Å²) in [7, 11) is 0. The van der Waals surface area contributed by atoms with Crippen LogP contribution in [-0.2, 0) is 66.4 Å². The van der Waals surface area contributed by atoms with Crippen molar-refractivity contribution in [3.63, 3.8) is 0 Å². The van der Waals surface area contributed by atoms with Gasteiger partial charge in [-0.1, -0.05) is 57.9 Å². The van der Waals surface area contributed by atoms with Gasteiger partial charge in [-0.2, -0.15) is 0 Å². The number of carbonyl (C=O) groups excluding carboxylic acids is 4. The molecule has 0 bridgehead atoms. The van der Waals surface area contributed by atoms with Crippen LogP contribution in [-0.4, -0.2) is 200 Å². The second kappa shape index (κ2) is 39.8. The highest BCUT2D eigenvalue weighted by Crippen LogP contribution is 2.32. The Hall–Kier alpha value is -3.18. The molecule has 1 fully saturated rings. The van der Waals surface area contributed by atoms with Gasteiger partial charge in [0.2, 0.25) is 11.8 Å². The van der Waals surface area contributed by atoms with Crippen LogP contribution in [0.15, 0.2) is 18.2 Å². The Balaban J connectivity index is 0.943. The normalized spacial score (nSPS) is 15.0. The molecule has 1 atom stereocenters. The Morgan fingerprint density at radius 2 is 0.864 bits per heavy atom. The van der Waals surface area contributed by atoms with Gasteiger partial charge in [-0.05, 0) is 25.0 Å². The molecule has 0 aromatic heterocycles. The smallest absolute Gasteiger partial charge is 0.264 e. The first kappa shape index (κ1) is 57.1. The predicted molar refractivity (Wildman–Crippen MR) is 244 cm³/mol. The number of nitrogens with zero attached hydrogens (tertiary/aromatic N) is 1. The van der Waals surface area contributed by atoms with Crippen LogP contribution >= 0.6 is 0 Å². The average Bonchev–Trinajstić information content (AvgIpc) is 3.57. The molecule has 66 heavy (non-hydrogen) atoms. The van der Waals surface area contributed by atoms with Gasteiger partial charge in [0.1, 0.15) is 6.04 Å². The topological polar surface area (TPSA) is 206 Å². The third kappa shape index (κ3) is 26.4. The van der Waals surface area contributed by atoms with Crippen LogP contribution in [0.25, 0.3) is 0 Å². The van der Waals surface area contributed by atoms with Crippen LogP contribution in [0.3, 0.4) is 0 Å². The molecule has 0 spiro atoms. The Labute approximate surface area is 391 Å². The van der Waals surface area contributed by atoms with Crippen molar-refractivity contribution in [1.29, 1.82) is 0 Å². The first-order valence-electron chi connectivity index (χ1n) is 24.1. The number of piperidine rings is 1. The summed E-state index contributed by atoms with van der Waals surface area (Å²) >= 11 is 0. The lowest BCUT2D eigenvalue weighted by atomic mass is 10.0. The van der Waals surface area contributed by atoms with Crippen molar-refractivity contribution in [2.75, 3.05) is 170 Å². The maximum atomic E-state index is 13.2. The van der Waals surface area contributed by atoms with E-state index in [1.54, 1.807) is 18.2 Å². The lowest BCUT2D eigenvalue weighted by molar-refractivity contribution is -0.136. The van der Waals surface area contributed by atoms with Crippen molar-refractivity contribution in [3.05, 3.63) is 29.3 Å². The largest absolute Gasteiger partial charge is 0.382 e. The van der Waals surface area contributed by atoms with E-state index in [0.717, 1.165) is 17.9 Å². The van der Waals surface area contributed by atoms with Crippen molar-refractivity contribution < 1.29 is 76.0 Å². The van der Waals surface area contributed by atoms with Gasteiger partial charge in [0.25, 0.3) is 11.8 Å². The molecule has 2 aliphatic heterocycles. The Morgan fingerprint density at radius 1 is 0.485 bits per heavy atom. The van der Waals surface area contributed by atoms with E-state index in [1.165, 1.54) is 44.9 Å². The molecule has 19 nitrogen and oxygen atoms in total. The van der Waals surface area contributed by atoms with Gasteiger partial charge in [-0.25, -0.2) is 0 Å². The maximum Gasteiger partial charge on any atom is 0.264 e. The van der Waals surface area contributed by atoms with Crippen LogP contribution in [0.1, 0.15) is 91.8 Å². The number of carbonyl (C=O) groups is 4. The minimum Gasteiger partial charge on any atom is -0.382 e. The molecule has 1 unspecified atom stereocenters. The highest BCUT2D eigenvalue weighted by molar-refractivity contribution is 6.25. The lowest BCUT2D eigenvalue weighted by Gasteiger charge is -2.27. The number of hydrogen-bond donors (Lipinski definition) is 2. The summed E-state index contributed by atoms with van der Waals surface area (Å²) in [4.78, 5) is 51.0. The molecule has 4 amide bonds. The third-order valence-corrected chi connectivity index (χ3v) is 10.3. The summed E-state index contributed by atoms with van der Waals surface area (Å²) in [6, 6.07) is 3.91. The standard InChI is InChI=1S/C47H79N3O16/c1-2-3-4-5-6-7-8-9-16-55-18-20-57-22-24-59-26-28-61-30-32-63-34-36-65-38-39-66-37-35-64-33-31-62-29-27-60-25-23-58-21-19-56-17-15-48-41-12-10-11-40-44(41)47(54)50(46(40)53)42-13-14-43(51)49-45(42)52/h10-12,42,48H,2-9,13-39H2,1H3,(H,49,51,52). The van der Waals surface area contributed by atoms with Crippen LogP contribution in [0.5, 0.6) is 0 Å². The molecular formula is C47H79N3O16. The van der Waals surface area contributed by atoms with E-state index in [0.29, 0.717) is 164 Å². The molecule has 19 heteroatoms. The average molecular weight is 942 g/mol. The van der Waals surface area contributed by atoms with Crippen molar-refractivity contribution in [2.45, 2.75) is 77.2 Å². The fraction of sp³-hybridized carbons (Fsp3) is 0.787. The lowest BCUT2D eigenvalue weighted by Crippen LogP contribution is -2.54. The summed E-state index contributed by atoms with van der Waals surface area (Å²) in [5.41, 5.74) is 0.907. The fourth-order valence-corrected chi connectivity index (χ4v) is 6.78. The Morgan fingerprint density at radius 3 is 1.27 bits per heavy atom. The number of nitrogens with one attached hydrogen (secondary N) is 2. The molecule has 3 rings (SSSR count). The number of rotatable bonds is 47. The van der Waals surface area contributed by atoms with Gasteiger partial charge >= 0.3 is 0 Å². The second-order valence-electron chi connectivity index (χ2n) is 15.4. The number of amides is 4. The van der Waals surface area contributed by atoms with E-state index in [1.807, 2.05) is 0 Å². The number of imide groups is 2. The van der Waals surface area contributed by atoms with Gasteiger partial charge in [-0.3, -0.25) is 29.4 Å². The first-order chi connectivity index (χ1) is 32.5. The van der Waals surface area contributed by atoms with Crippen molar-refractivity contribution >= 4 is 29.3 Å². The summed E-state index contributed by atoms with van der Waals surface area (Å²) < 4.78 is 66.5. The van der Waals surface area contributed by atoms with E-state index < -0.39 is 29.7 Å². The quantitative estimate of drug-likeness (QED) is 0.0704. The van der Waals surface area contributed by atoms with Crippen molar-refractivity contribution in [3.8, 4) is 0 Å². The van der Waals surface area contributed by atoms with Gasteiger partial charge in [0.15, 0.2) is 0 Å². The SMILES string of the molecule is CCCCCCCCCCOCCOCCOCCOCCOCCOCCOCCOCCOCCOCCOCCOCCNc1cccc2c1C(=O)N(C1CCC(=O)NC1=O)C2=O. The van der Waals surface area contributed by atoms with Gasteiger partial charge in [-0.15, -0.1) is 0 Å². The molecule has 1 saturated heterocycles. The molecule has 2 aliphatic rings. The first-order valence-corrected chi connectivity index (χ1v) is 24.1. The highest BCUT2D eigenvalue weighted by Gasteiger charge is 2.45. The van der Waals surface area contributed by atoms with Crippen molar-refractivity contribution in [1.82, 2.24) is 10.2 Å². The zero-order chi connectivity index (χ0) is 47.0. The van der Waals surface area contributed by atoms with E-state index >= 15 is 0 Å². The van der Waals surface area contributed by atoms with E-state index in [4.69, 9.17) is 56.8 Å². The maximum absolute atomic E-state index is 13.2. The van der Waals surface area contributed by atoms with E-state index in [2.05, 4.69) is 17.6 Å². The third-order valence-electron chi connectivity index (χ3n) is 10.3. The zero-order valence-corrected chi connectivity index (χ0v) is 39.5. The van der Waals surface area contributed by atoms with Crippen LogP contribution in [0.4, 0.5) is 5.69 Å². The molecule has 1 aromatic rings. The van der Waals surface area contributed by atoms with Crippen LogP contribution < -0.4 is 10.6 Å². The minimum absolute atomic E-state index is 0.0648. The van der Waals surface area contributed by atoms with E-state index in [-0.39, 0.29) is 24.0 Å². The molecular weight excluding hydrogens is 863 g/mol. The number of fused-ring (bicyclic) bond motifs is 1. The molecule has 0 aliphatic carbocycles. The highest BCUT2D eigenvalue weighted by atomic mass is 16.6. The van der Waals surface area contributed by atoms with Gasteiger partial charge in [0.05, 0.1) is 163 Å². The number of anilines is 1. The number of unbranched alkanes of at least 4 members (excludes halogenated alkanes) is 7.